The topological polar surface area (TPSA) is 120 Å². The van der Waals surface area contributed by atoms with Crippen molar-refractivity contribution in [3.63, 3.8) is 0 Å². The van der Waals surface area contributed by atoms with Crippen molar-refractivity contribution in [2.24, 2.45) is 0 Å². The van der Waals surface area contributed by atoms with Gasteiger partial charge in [0, 0.05) is 23.1 Å². The highest BCUT2D eigenvalue weighted by molar-refractivity contribution is 7.92. The third kappa shape index (κ3) is 5.86. The summed E-state index contributed by atoms with van der Waals surface area (Å²) in [6.45, 7) is 2.03. The highest BCUT2D eigenvalue weighted by atomic mass is 32.2. The van der Waals surface area contributed by atoms with Gasteiger partial charge in [0.1, 0.15) is 17.1 Å². The number of unbranched alkanes of at least 4 members (excludes halogenated alkanes) is 1. The van der Waals surface area contributed by atoms with Gasteiger partial charge in [-0.15, -0.1) is 0 Å². The highest BCUT2D eigenvalue weighted by Gasteiger charge is 2.22. The number of benzene rings is 2. The van der Waals surface area contributed by atoms with Crippen molar-refractivity contribution in [2.45, 2.75) is 26.2 Å². The van der Waals surface area contributed by atoms with Crippen LogP contribution >= 0.6 is 0 Å². The van der Waals surface area contributed by atoms with Gasteiger partial charge >= 0.3 is 10.1 Å². The van der Waals surface area contributed by atoms with Gasteiger partial charge in [-0.05, 0) is 48.9 Å². The average molecular weight is 466 g/mol. The van der Waals surface area contributed by atoms with E-state index >= 15 is 0 Å². The van der Waals surface area contributed by atoms with E-state index in [0.29, 0.717) is 40.0 Å². The first-order valence-electron chi connectivity index (χ1n) is 9.54. The molecule has 1 heterocycles. The van der Waals surface area contributed by atoms with E-state index in [1.165, 1.54) is 24.3 Å². The van der Waals surface area contributed by atoms with Gasteiger partial charge in [-0.2, -0.15) is 8.42 Å². The minimum Gasteiger partial charge on any atom is -0.460 e. The molecular formula is C21H23NO7S2. The molecule has 0 bridgehead atoms. The molecule has 166 valence electrons. The molecule has 0 atom stereocenters. The number of carbonyl (C=O) groups excluding carboxylic acids is 1. The summed E-state index contributed by atoms with van der Waals surface area (Å²) in [4.78, 5) is 13.3. The second-order valence-corrected chi connectivity index (χ2v) is 10.6. The van der Waals surface area contributed by atoms with Crippen LogP contribution in [0.15, 0.2) is 46.9 Å². The van der Waals surface area contributed by atoms with Crippen LogP contribution in [0.4, 0.5) is 5.69 Å². The normalized spacial score (nSPS) is 12.1. The van der Waals surface area contributed by atoms with Crippen LogP contribution in [0.1, 0.15) is 41.4 Å². The highest BCUT2D eigenvalue weighted by Crippen LogP contribution is 2.32. The molecule has 0 spiro atoms. The van der Waals surface area contributed by atoms with Gasteiger partial charge in [-0.1, -0.05) is 13.3 Å². The fraction of sp³-hybridized carbons (Fsp3) is 0.286. The summed E-state index contributed by atoms with van der Waals surface area (Å²) in [6.07, 6.45) is 4.26. The molecule has 0 aliphatic rings. The number of carbonyl (C=O) groups is 1. The van der Waals surface area contributed by atoms with E-state index in [4.69, 9.17) is 8.60 Å². The third-order valence-corrected chi connectivity index (χ3v) is 5.51. The van der Waals surface area contributed by atoms with Gasteiger partial charge in [0.15, 0.2) is 5.78 Å². The van der Waals surface area contributed by atoms with Gasteiger partial charge in [-0.3, -0.25) is 9.52 Å². The van der Waals surface area contributed by atoms with Crippen LogP contribution in [0, 0.1) is 0 Å². The molecule has 3 rings (SSSR count). The van der Waals surface area contributed by atoms with Crippen LogP contribution < -0.4 is 8.91 Å². The van der Waals surface area contributed by atoms with E-state index in [2.05, 4.69) is 4.72 Å². The van der Waals surface area contributed by atoms with Gasteiger partial charge in [0.25, 0.3) is 0 Å². The molecule has 31 heavy (non-hydrogen) atoms. The quantitative estimate of drug-likeness (QED) is 0.378. The molecule has 0 radical (unpaired) electrons. The molecule has 0 amide bonds. The van der Waals surface area contributed by atoms with Crippen LogP contribution in [0.3, 0.4) is 0 Å². The van der Waals surface area contributed by atoms with Crippen LogP contribution in [0.5, 0.6) is 5.75 Å². The predicted octanol–water partition coefficient (Wildman–Crippen LogP) is 3.72. The van der Waals surface area contributed by atoms with Crippen molar-refractivity contribution in [1.82, 2.24) is 0 Å². The van der Waals surface area contributed by atoms with Gasteiger partial charge in [-0.25, -0.2) is 8.42 Å². The van der Waals surface area contributed by atoms with Crippen molar-refractivity contribution < 1.29 is 30.2 Å². The summed E-state index contributed by atoms with van der Waals surface area (Å²) in [6, 6.07) is 10.5. The molecule has 0 saturated carbocycles. The maximum atomic E-state index is 13.3. The molecule has 0 aliphatic heterocycles. The molecule has 0 saturated heterocycles. The fourth-order valence-electron chi connectivity index (χ4n) is 3.17. The second kappa shape index (κ2) is 8.72. The summed E-state index contributed by atoms with van der Waals surface area (Å²) >= 11 is 0. The summed E-state index contributed by atoms with van der Waals surface area (Å²) in [5, 5.41) is 0.501. The number of ketones is 1. The monoisotopic (exact) mass is 465 g/mol. The van der Waals surface area contributed by atoms with Crippen molar-refractivity contribution in [3.05, 3.63) is 59.4 Å². The maximum Gasteiger partial charge on any atom is 0.306 e. The van der Waals surface area contributed by atoms with Crippen LogP contribution in [-0.4, -0.2) is 35.1 Å². The Balaban J connectivity index is 2.06. The molecule has 0 unspecified atom stereocenters. The van der Waals surface area contributed by atoms with Crippen LogP contribution in [0.25, 0.3) is 11.0 Å². The Hall–Kier alpha value is -2.85. The van der Waals surface area contributed by atoms with E-state index in [1.807, 2.05) is 6.92 Å². The predicted molar refractivity (Wildman–Crippen MR) is 119 cm³/mol. The van der Waals surface area contributed by atoms with E-state index in [-0.39, 0.29) is 11.5 Å². The molecule has 2 aromatic carbocycles. The first-order chi connectivity index (χ1) is 14.5. The standard InChI is InChI=1S/C21H23NO7S2/c1-4-5-6-19-20(17-13-15(22-30(2,24)25)9-12-18(17)28-19)21(23)14-7-10-16(11-8-14)29-31(3,26)27/h7-13,22H,4-6H2,1-3H3. The zero-order valence-corrected chi connectivity index (χ0v) is 19.0. The van der Waals surface area contributed by atoms with E-state index < -0.39 is 20.1 Å². The fourth-order valence-corrected chi connectivity index (χ4v) is 4.18. The first kappa shape index (κ1) is 22.8. The Kier molecular flexibility index (Phi) is 6.42. The summed E-state index contributed by atoms with van der Waals surface area (Å²) in [5.74, 6) is 0.309. The smallest absolute Gasteiger partial charge is 0.306 e. The molecule has 1 N–H and O–H groups in total. The Bertz CT molecular complexity index is 1320. The lowest BCUT2D eigenvalue weighted by Crippen LogP contribution is -2.09. The Morgan fingerprint density at radius 2 is 1.71 bits per heavy atom. The van der Waals surface area contributed by atoms with E-state index in [0.717, 1.165) is 25.4 Å². The number of hydrogen-bond donors (Lipinski definition) is 1. The number of fused-ring (bicyclic) bond motifs is 1. The molecule has 10 heteroatoms. The van der Waals surface area contributed by atoms with E-state index in [9.17, 15) is 21.6 Å². The van der Waals surface area contributed by atoms with Gasteiger partial charge < -0.3 is 8.60 Å². The maximum absolute atomic E-state index is 13.3. The Labute approximate surface area is 181 Å². The molecule has 0 fully saturated rings. The van der Waals surface area contributed by atoms with Crippen molar-refractivity contribution in [1.29, 1.82) is 0 Å². The minimum atomic E-state index is -3.68. The second-order valence-electron chi connectivity index (χ2n) is 7.23. The average Bonchev–Trinajstić information content (AvgIpc) is 3.01. The molecule has 1 aromatic heterocycles. The zero-order valence-electron chi connectivity index (χ0n) is 17.3. The third-order valence-electron chi connectivity index (χ3n) is 4.41. The van der Waals surface area contributed by atoms with Crippen molar-refractivity contribution in [2.75, 3.05) is 17.2 Å². The Morgan fingerprint density at radius 1 is 1.03 bits per heavy atom. The zero-order chi connectivity index (χ0) is 22.8. The van der Waals surface area contributed by atoms with Crippen LogP contribution in [-0.2, 0) is 26.6 Å². The van der Waals surface area contributed by atoms with Crippen molar-refractivity contribution in [3.8, 4) is 5.75 Å². The molecule has 0 aliphatic carbocycles. The number of hydrogen-bond acceptors (Lipinski definition) is 7. The lowest BCUT2D eigenvalue weighted by Gasteiger charge is -2.06. The largest absolute Gasteiger partial charge is 0.460 e. The van der Waals surface area contributed by atoms with Crippen LogP contribution in [0.2, 0.25) is 0 Å². The number of sulfonamides is 1. The molecular weight excluding hydrogens is 442 g/mol. The van der Waals surface area contributed by atoms with Gasteiger partial charge in [0.05, 0.1) is 18.1 Å². The number of furan rings is 1. The summed E-state index contributed by atoms with van der Waals surface area (Å²) in [7, 11) is -7.16. The number of aryl methyl sites for hydroxylation is 1. The Morgan fingerprint density at radius 3 is 2.29 bits per heavy atom. The lowest BCUT2D eigenvalue weighted by atomic mass is 9.98. The first-order valence-corrected chi connectivity index (χ1v) is 13.2. The lowest BCUT2D eigenvalue weighted by molar-refractivity contribution is 0.103. The number of nitrogens with one attached hydrogen (secondary N) is 1. The summed E-state index contributed by atoms with van der Waals surface area (Å²) in [5.41, 5.74) is 1.48. The number of anilines is 1. The van der Waals surface area contributed by atoms with Crippen molar-refractivity contribution >= 4 is 42.6 Å². The minimum absolute atomic E-state index is 0.0990. The van der Waals surface area contributed by atoms with E-state index in [1.54, 1.807) is 18.2 Å². The number of rotatable bonds is 9. The SMILES string of the molecule is CCCCc1oc2ccc(NS(C)(=O)=O)cc2c1C(=O)c1ccc(OS(C)(=O)=O)cc1. The molecule has 8 nitrogen and oxygen atoms in total. The molecule has 3 aromatic rings. The summed E-state index contributed by atoms with van der Waals surface area (Å²) < 4.78 is 58.9. The van der Waals surface area contributed by atoms with Gasteiger partial charge in [0.2, 0.25) is 10.0 Å².